The van der Waals surface area contributed by atoms with E-state index in [1.165, 1.54) is 6.07 Å². The Labute approximate surface area is 120 Å². The van der Waals surface area contributed by atoms with Crippen LogP contribution < -0.4 is 4.72 Å². The second-order valence-electron chi connectivity index (χ2n) is 4.32. The quantitative estimate of drug-likeness (QED) is 0.839. The Morgan fingerprint density at radius 3 is 2.57 bits per heavy atom. The van der Waals surface area contributed by atoms with Crippen LogP contribution in [0.1, 0.15) is 27.4 Å². The molecule has 0 atom stereocenters. The monoisotopic (exact) mass is 311 g/mol. The van der Waals surface area contributed by atoms with Gasteiger partial charge < -0.3 is 9.63 Å². The summed E-state index contributed by atoms with van der Waals surface area (Å²) in [4.78, 5) is 14.3. The predicted octanol–water partition coefficient (Wildman–Crippen LogP) is 0.863. The number of pyridine rings is 1. The van der Waals surface area contributed by atoms with Crippen LogP contribution in [0.3, 0.4) is 0 Å². The van der Waals surface area contributed by atoms with Crippen molar-refractivity contribution in [2.24, 2.45) is 0 Å². The SMILES string of the molecule is Cc1noc(C)c1CNS(=O)(=O)c1ccc(C(=O)O)cn1. The molecule has 2 aromatic heterocycles. The summed E-state index contributed by atoms with van der Waals surface area (Å²) in [5.74, 6) is -0.639. The van der Waals surface area contributed by atoms with Crippen LogP contribution in [0.15, 0.2) is 27.9 Å². The van der Waals surface area contributed by atoms with Crippen LogP contribution in [0.25, 0.3) is 0 Å². The van der Waals surface area contributed by atoms with Crippen molar-refractivity contribution < 1.29 is 22.8 Å². The maximum Gasteiger partial charge on any atom is 0.337 e. The number of carboxylic acids is 1. The van der Waals surface area contributed by atoms with Crippen molar-refractivity contribution in [1.82, 2.24) is 14.9 Å². The lowest BCUT2D eigenvalue weighted by Gasteiger charge is -2.06. The zero-order valence-corrected chi connectivity index (χ0v) is 12.1. The number of carbonyl (C=O) groups is 1. The smallest absolute Gasteiger partial charge is 0.337 e. The molecule has 2 aromatic rings. The van der Waals surface area contributed by atoms with Crippen LogP contribution in [-0.2, 0) is 16.6 Å². The lowest BCUT2D eigenvalue weighted by atomic mass is 10.2. The molecule has 9 heteroatoms. The second kappa shape index (κ2) is 5.62. The summed E-state index contributed by atoms with van der Waals surface area (Å²) in [6, 6.07) is 2.32. The van der Waals surface area contributed by atoms with Gasteiger partial charge in [0.1, 0.15) is 5.76 Å². The molecule has 2 N–H and O–H groups in total. The Kier molecular flexibility index (Phi) is 4.05. The normalized spacial score (nSPS) is 11.5. The minimum Gasteiger partial charge on any atom is -0.478 e. The first kappa shape index (κ1) is 15.1. The summed E-state index contributed by atoms with van der Waals surface area (Å²) in [5, 5.41) is 12.2. The zero-order valence-electron chi connectivity index (χ0n) is 11.3. The molecule has 0 amide bonds. The van der Waals surface area contributed by atoms with E-state index in [2.05, 4.69) is 14.9 Å². The van der Waals surface area contributed by atoms with E-state index in [0.717, 1.165) is 12.3 Å². The highest BCUT2D eigenvalue weighted by Crippen LogP contribution is 2.13. The molecule has 8 nitrogen and oxygen atoms in total. The maximum absolute atomic E-state index is 12.1. The third kappa shape index (κ3) is 3.26. The van der Waals surface area contributed by atoms with Crippen molar-refractivity contribution in [2.45, 2.75) is 25.4 Å². The van der Waals surface area contributed by atoms with Crippen LogP contribution in [0.2, 0.25) is 0 Å². The highest BCUT2D eigenvalue weighted by atomic mass is 32.2. The summed E-state index contributed by atoms with van der Waals surface area (Å²) >= 11 is 0. The van der Waals surface area contributed by atoms with Gasteiger partial charge in [-0.15, -0.1) is 0 Å². The lowest BCUT2D eigenvalue weighted by Crippen LogP contribution is -2.24. The molecule has 0 radical (unpaired) electrons. The van der Waals surface area contributed by atoms with E-state index in [0.29, 0.717) is 17.0 Å². The van der Waals surface area contributed by atoms with Crippen molar-refractivity contribution in [3.8, 4) is 0 Å². The molecule has 21 heavy (non-hydrogen) atoms. The van der Waals surface area contributed by atoms with Crippen LogP contribution >= 0.6 is 0 Å². The molecule has 0 aliphatic heterocycles. The van der Waals surface area contributed by atoms with Gasteiger partial charge in [0.05, 0.1) is 11.3 Å². The molecule has 0 unspecified atom stereocenters. The number of aryl methyl sites for hydroxylation is 2. The molecule has 0 fully saturated rings. The highest BCUT2D eigenvalue weighted by Gasteiger charge is 2.18. The van der Waals surface area contributed by atoms with E-state index in [1.54, 1.807) is 13.8 Å². The van der Waals surface area contributed by atoms with Crippen LogP contribution in [0.5, 0.6) is 0 Å². The van der Waals surface area contributed by atoms with Gasteiger partial charge in [-0.05, 0) is 26.0 Å². The van der Waals surface area contributed by atoms with Gasteiger partial charge in [-0.1, -0.05) is 5.16 Å². The van der Waals surface area contributed by atoms with Gasteiger partial charge in [-0.2, -0.15) is 0 Å². The summed E-state index contributed by atoms with van der Waals surface area (Å²) in [5.41, 5.74) is 1.17. The Hall–Kier alpha value is -2.26. The van der Waals surface area contributed by atoms with Crippen LogP contribution in [-0.4, -0.2) is 29.6 Å². The number of aromatic nitrogens is 2. The average Bonchev–Trinajstić information content (AvgIpc) is 2.76. The topological polar surface area (TPSA) is 122 Å². The number of nitrogens with zero attached hydrogens (tertiary/aromatic N) is 2. The number of carboxylic acid groups (broad SMARTS) is 1. The van der Waals surface area contributed by atoms with Gasteiger partial charge in [-0.25, -0.2) is 22.9 Å². The molecular formula is C12H13N3O5S. The third-order valence-electron chi connectivity index (χ3n) is 2.88. The summed E-state index contributed by atoms with van der Waals surface area (Å²) in [7, 11) is -3.84. The van der Waals surface area contributed by atoms with Crippen molar-refractivity contribution in [1.29, 1.82) is 0 Å². The van der Waals surface area contributed by atoms with Gasteiger partial charge in [0.25, 0.3) is 10.0 Å². The largest absolute Gasteiger partial charge is 0.478 e. The van der Waals surface area contributed by atoms with Gasteiger partial charge in [-0.3, -0.25) is 0 Å². The molecule has 0 aliphatic rings. The molecule has 2 heterocycles. The molecule has 0 saturated carbocycles. The summed E-state index contributed by atoms with van der Waals surface area (Å²) < 4.78 is 31.4. The predicted molar refractivity (Wildman–Crippen MR) is 71.2 cm³/mol. The molecule has 0 aromatic carbocycles. The minimum atomic E-state index is -3.84. The number of rotatable bonds is 5. The number of nitrogens with one attached hydrogen (secondary N) is 1. The summed E-state index contributed by atoms with van der Waals surface area (Å²) in [6.07, 6.45) is 0.993. The fraction of sp³-hybridized carbons (Fsp3) is 0.250. The first-order valence-electron chi connectivity index (χ1n) is 5.92. The van der Waals surface area contributed by atoms with Crippen molar-refractivity contribution in [3.63, 3.8) is 0 Å². The Morgan fingerprint density at radius 2 is 2.10 bits per heavy atom. The molecule has 0 bridgehead atoms. The second-order valence-corrected chi connectivity index (χ2v) is 6.03. The first-order chi connectivity index (χ1) is 9.81. The molecule has 0 aliphatic carbocycles. The van der Waals surface area contributed by atoms with Gasteiger partial charge in [0.2, 0.25) is 0 Å². The summed E-state index contributed by atoms with van der Waals surface area (Å²) in [6.45, 7) is 3.41. The van der Waals surface area contributed by atoms with Crippen LogP contribution in [0, 0.1) is 13.8 Å². The molecular weight excluding hydrogens is 298 g/mol. The van der Waals surface area contributed by atoms with Crippen molar-refractivity contribution >= 4 is 16.0 Å². The van der Waals surface area contributed by atoms with E-state index in [1.807, 2.05) is 0 Å². The van der Waals surface area contributed by atoms with Gasteiger partial charge in [0, 0.05) is 18.3 Å². The molecule has 0 spiro atoms. The third-order valence-corrected chi connectivity index (χ3v) is 4.20. The first-order valence-corrected chi connectivity index (χ1v) is 7.40. The van der Waals surface area contributed by atoms with E-state index in [4.69, 9.17) is 9.63 Å². The highest BCUT2D eigenvalue weighted by molar-refractivity contribution is 7.89. The van der Waals surface area contributed by atoms with Crippen molar-refractivity contribution in [3.05, 3.63) is 40.9 Å². The fourth-order valence-electron chi connectivity index (χ4n) is 1.66. The van der Waals surface area contributed by atoms with Gasteiger partial charge >= 0.3 is 5.97 Å². The number of sulfonamides is 1. The maximum atomic E-state index is 12.1. The Balaban J connectivity index is 2.17. The lowest BCUT2D eigenvalue weighted by molar-refractivity contribution is 0.0696. The van der Waals surface area contributed by atoms with E-state index in [-0.39, 0.29) is 17.1 Å². The average molecular weight is 311 g/mol. The molecule has 2 rings (SSSR count). The van der Waals surface area contributed by atoms with E-state index < -0.39 is 16.0 Å². The minimum absolute atomic E-state index is 0.0197. The fourth-order valence-corrected chi connectivity index (χ4v) is 2.58. The van der Waals surface area contributed by atoms with Crippen LogP contribution in [0.4, 0.5) is 0 Å². The molecule has 0 saturated heterocycles. The number of hydrogen-bond donors (Lipinski definition) is 2. The van der Waals surface area contributed by atoms with E-state index in [9.17, 15) is 13.2 Å². The van der Waals surface area contributed by atoms with E-state index >= 15 is 0 Å². The van der Waals surface area contributed by atoms with Gasteiger partial charge in [0.15, 0.2) is 5.03 Å². The Bertz CT molecular complexity index is 745. The zero-order chi connectivity index (χ0) is 15.6. The number of aromatic carboxylic acids is 1. The standard InChI is InChI=1S/C12H13N3O5S/c1-7-10(8(2)20-15-7)6-14-21(18,19)11-4-3-9(5-13-11)12(16)17/h3-5,14H,6H2,1-2H3,(H,16,17). The van der Waals surface area contributed by atoms with Crippen molar-refractivity contribution in [2.75, 3.05) is 0 Å². The number of hydrogen-bond acceptors (Lipinski definition) is 6. The Morgan fingerprint density at radius 1 is 1.38 bits per heavy atom. The molecule has 112 valence electrons.